The molecule has 0 bridgehead atoms. The number of hydrogen-bond acceptors (Lipinski definition) is 7. The molecule has 0 radical (unpaired) electrons. The van der Waals surface area contributed by atoms with Crippen molar-refractivity contribution in [3.63, 3.8) is 0 Å². The zero-order chi connectivity index (χ0) is 24.0. The molecule has 2 aromatic rings. The molecule has 1 unspecified atom stereocenters. The molecular weight excluding hydrogens is 588 g/mol. The molecule has 5 nitrogen and oxygen atoms in total. The predicted molar refractivity (Wildman–Crippen MR) is 146 cm³/mol. The highest BCUT2D eigenvalue weighted by Crippen LogP contribution is 2.39. The summed E-state index contributed by atoms with van der Waals surface area (Å²) < 4.78 is 7.82. The summed E-state index contributed by atoms with van der Waals surface area (Å²) >= 11 is 10.5. The van der Waals surface area contributed by atoms with Crippen molar-refractivity contribution < 1.29 is 14.4 Å². The van der Waals surface area contributed by atoms with Gasteiger partial charge < -0.3 is 14.4 Å². The molecule has 2 aliphatic rings. The zero-order valence-electron chi connectivity index (χ0n) is 19.4. The predicted octanol–water partition coefficient (Wildman–Crippen LogP) is 8.01. The van der Waals surface area contributed by atoms with Gasteiger partial charge in [0.1, 0.15) is 12.4 Å². The van der Waals surface area contributed by atoms with E-state index in [1.807, 2.05) is 19.9 Å². The van der Waals surface area contributed by atoms with Gasteiger partial charge >= 0.3 is 0 Å². The zero-order valence-corrected chi connectivity index (χ0v) is 24.2. The van der Waals surface area contributed by atoms with Crippen LogP contribution in [0.4, 0.5) is 0 Å². The van der Waals surface area contributed by atoms with Crippen molar-refractivity contribution in [2.75, 3.05) is 25.7 Å². The summed E-state index contributed by atoms with van der Waals surface area (Å²) in [5.74, 6) is 0.864. The van der Waals surface area contributed by atoms with Gasteiger partial charge in [0.2, 0.25) is 0 Å². The second-order valence-electron chi connectivity index (χ2n) is 7.42. The monoisotopic (exact) mass is 614 g/mol. The first-order valence-electron chi connectivity index (χ1n) is 10.6. The number of ether oxygens (including phenoxy) is 1. The lowest BCUT2D eigenvalue weighted by Gasteiger charge is -2.16. The van der Waals surface area contributed by atoms with Gasteiger partial charge in [-0.05, 0) is 79.0 Å². The van der Waals surface area contributed by atoms with Gasteiger partial charge in [-0.25, -0.2) is 0 Å². The van der Waals surface area contributed by atoms with Gasteiger partial charge in [-0.3, -0.25) is 0 Å². The number of thioether (sulfide) groups is 2. The number of oxime groups is 2. The van der Waals surface area contributed by atoms with Gasteiger partial charge in [0, 0.05) is 32.7 Å². The Balaban J connectivity index is 0.000000186. The third-order valence-corrected chi connectivity index (χ3v) is 8.30. The highest BCUT2D eigenvalue weighted by atomic mass is 79.9. The van der Waals surface area contributed by atoms with Gasteiger partial charge in [-0.15, -0.1) is 23.5 Å². The number of nitrogens with zero attached hydrogens (tertiary/aromatic N) is 2. The SMILES string of the molecule is CCOc1c(Br)ccc(SC)c1C1=NOCC1.CSc1ccc(Br)c(C)c1C1CC(C)=NO1. The van der Waals surface area contributed by atoms with E-state index in [2.05, 4.69) is 79.8 Å². The topological polar surface area (TPSA) is 52.4 Å². The summed E-state index contributed by atoms with van der Waals surface area (Å²) in [6.45, 7) is 7.40. The van der Waals surface area contributed by atoms with Crippen molar-refractivity contribution in [3.8, 4) is 5.75 Å². The summed E-state index contributed by atoms with van der Waals surface area (Å²) in [5.41, 5.74) is 5.62. The Labute approximate surface area is 221 Å². The van der Waals surface area contributed by atoms with Crippen molar-refractivity contribution in [2.45, 2.75) is 49.5 Å². The molecule has 33 heavy (non-hydrogen) atoms. The summed E-state index contributed by atoms with van der Waals surface area (Å²) in [4.78, 5) is 13.0. The molecule has 2 aromatic carbocycles. The first kappa shape index (κ1) is 26.4. The van der Waals surface area contributed by atoms with Gasteiger partial charge in [0.05, 0.1) is 28.1 Å². The fourth-order valence-electron chi connectivity index (χ4n) is 3.66. The molecule has 2 aliphatic heterocycles. The van der Waals surface area contributed by atoms with Crippen LogP contribution in [0.15, 0.2) is 53.3 Å². The maximum absolute atomic E-state index is 5.73. The van der Waals surface area contributed by atoms with Gasteiger partial charge in [-0.2, -0.15) is 0 Å². The first-order chi connectivity index (χ1) is 15.9. The maximum Gasteiger partial charge on any atom is 0.159 e. The Bertz CT molecular complexity index is 1060. The third-order valence-electron chi connectivity index (χ3n) is 5.24. The molecule has 4 rings (SSSR count). The van der Waals surface area contributed by atoms with E-state index in [1.54, 1.807) is 23.5 Å². The van der Waals surface area contributed by atoms with Crippen LogP contribution in [0.2, 0.25) is 0 Å². The standard InChI is InChI=1S/C12H14BrNO2S.C12H14BrNOS/c1-3-15-12-8(13)4-5-10(17-2)11(12)9-6-7-16-14-9;1-7-6-10(15-14-7)12-8(2)9(13)4-5-11(12)16-3/h4-5H,3,6-7H2,1-2H3;4-5,10H,6H2,1-3H3. The van der Waals surface area contributed by atoms with Crippen molar-refractivity contribution >= 4 is 66.8 Å². The minimum absolute atomic E-state index is 0.0833. The minimum atomic E-state index is 0.0833. The highest BCUT2D eigenvalue weighted by molar-refractivity contribution is 9.10. The average molecular weight is 616 g/mol. The Hall–Kier alpha value is -1.16. The van der Waals surface area contributed by atoms with Crippen molar-refractivity contribution in [3.05, 3.63) is 49.9 Å². The van der Waals surface area contributed by atoms with Crippen LogP contribution in [-0.4, -0.2) is 37.1 Å². The van der Waals surface area contributed by atoms with Gasteiger partial charge in [-0.1, -0.05) is 26.2 Å². The van der Waals surface area contributed by atoms with E-state index >= 15 is 0 Å². The molecule has 0 fully saturated rings. The van der Waals surface area contributed by atoms with Crippen LogP contribution in [0.1, 0.15) is 49.5 Å². The Kier molecular flexibility index (Phi) is 10.0. The second-order valence-corrected chi connectivity index (χ2v) is 10.8. The molecule has 0 aromatic heterocycles. The number of halogens is 2. The van der Waals surface area contributed by atoms with Gasteiger partial charge in [0.25, 0.3) is 0 Å². The van der Waals surface area contributed by atoms with Crippen molar-refractivity contribution in [2.24, 2.45) is 10.3 Å². The second kappa shape index (κ2) is 12.5. The largest absolute Gasteiger partial charge is 0.492 e. The van der Waals surface area contributed by atoms with Crippen LogP contribution >= 0.6 is 55.4 Å². The van der Waals surface area contributed by atoms with Crippen LogP contribution < -0.4 is 4.74 Å². The fourth-order valence-corrected chi connectivity index (χ4v) is 5.77. The molecule has 2 heterocycles. The molecular formula is C24H28Br2N2O3S2. The average Bonchev–Trinajstić information content (AvgIpc) is 3.49. The lowest BCUT2D eigenvalue weighted by molar-refractivity contribution is 0.0833. The van der Waals surface area contributed by atoms with E-state index in [-0.39, 0.29) is 6.10 Å². The quantitative estimate of drug-likeness (QED) is 0.308. The minimum Gasteiger partial charge on any atom is -0.492 e. The molecule has 1 atom stereocenters. The van der Waals surface area contributed by atoms with Crippen LogP contribution in [0.3, 0.4) is 0 Å². The lowest BCUT2D eigenvalue weighted by atomic mass is 10.00. The maximum atomic E-state index is 5.73. The Morgan fingerprint density at radius 1 is 1.03 bits per heavy atom. The molecule has 9 heteroatoms. The van der Waals surface area contributed by atoms with Crippen LogP contribution in [0.5, 0.6) is 5.75 Å². The summed E-state index contributed by atoms with van der Waals surface area (Å²) in [5, 5.41) is 8.13. The number of benzene rings is 2. The molecule has 0 amide bonds. The van der Waals surface area contributed by atoms with Crippen LogP contribution in [0.25, 0.3) is 0 Å². The van der Waals surface area contributed by atoms with Crippen LogP contribution in [0, 0.1) is 6.92 Å². The molecule has 0 spiro atoms. The third kappa shape index (κ3) is 6.29. The lowest BCUT2D eigenvalue weighted by Crippen LogP contribution is -2.05. The van der Waals surface area contributed by atoms with E-state index in [1.165, 1.54) is 20.9 Å². The van der Waals surface area contributed by atoms with E-state index in [0.29, 0.717) is 13.2 Å². The first-order valence-corrected chi connectivity index (χ1v) is 14.7. The fraction of sp³-hybridized carbons (Fsp3) is 0.417. The molecule has 0 N–H and O–H groups in total. The molecule has 0 saturated carbocycles. The molecule has 0 aliphatic carbocycles. The Morgan fingerprint density at radius 2 is 1.73 bits per heavy atom. The number of rotatable bonds is 6. The summed E-state index contributed by atoms with van der Waals surface area (Å²) in [7, 11) is 0. The summed E-state index contributed by atoms with van der Waals surface area (Å²) in [6.07, 6.45) is 5.96. The van der Waals surface area contributed by atoms with E-state index in [9.17, 15) is 0 Å². The van der Waals surface area contributed by atoms with Crippen LogP contribution in [-0.2, 0) is 9.68 Å². The van der Waals surface area contributed by atoms with E-state index < -0.39 is 0 Å². The van der Waals surface area contributed by atoms with E-state index in [4.69, 9.17) is 14.4 Å². The normalized spacial score (nSPS) is 16.9. The number of hydrogen-bond donors (Lipinski definition) is 0. The molecule has 178 valence electrons. The Morgan fingerprint density at radius 3 is 2.30 bits per heavy atom. The summed E-state index contributed by atoms with van der Waals surface area (Å²) in [6, 6.07) is 8.31. The van der Waals surface area contributed by atoms with E-state index in [0.717, 1.165) is 44.5 Å². The smallest absolute Gasteiger partial charge is 0.159 e. The molecule has 0 saturated heterocycles. The highest BCUT2D eigenvalue weighted by Gasteiger charge is 2.25. The van der Waals surface area contributed by atoms with Crippen molar-refractivity contribution in [1.82, 2.24) is 0 Å². The van der Waals surface area contributed by atoms with Crippen molar-refractivity contribution in [1.29, 1.82) is 0 Å². The van der Waals surface area contributed by atoms with Gasteiger partial charge in [0.15, 0.2) is 6.10 Å².